The maximum absolute atomic E-state index is 4.85. The van der Waals surface area contributed by atoms with E-state index in [1.807, 2.05) is 35.2 Å². The monoisotopic (exact) mass is 564 g/mol. The summed E-state index contributed by atoms with van der Waals surface area (Å²) in [7, 11) is 0. The first-order valence-electron chi connectivity index (χ1n) is 8.05. The highest BCUT2D eigenvalue weighted by Crippen LogP contribution is 2.24. The summed E-state index contributed by atoms with van der Waals surface area (Å²) < 4.78 is 4.27. The Hall–Kier alpha value is -1.81. The van der Waals surface area contributed by atoms with Crippen LogP contribution in [-0.4, -0.2) is 21.2 Å². The fraction of sp³-hybridized carbons (Fsp3) is 0.0500. The van der Waals surface area contributed by atoms with Crippen LogP contribution in [0.4, 0.5) is 0 Å². The fourth-order valence-electron chi connectivity index (χ4n) is 2.70. The SMILES string of the molecule is Ic1ccc(C=N[C@@H](c2ccc(I)cc2)n2nnc3ccccc32)cc1. The van der Waals surface area contributed by atoms with E-state index in [2.05, 4.69) is 104 Å². The molecular weight excluding hydrogens is 550 g/mol. The molecule has 4 rings (SSSR count). The predicted octanol–water partition coefficient (Wildman–Crippen LogP) is 5.31. The highest BCUT2D eigenvalue weighted by Gasteiger charge is 2.16. The average molecular weight is 564 g/mol. The number of hydrogen-bond acceptors (Lipinski definition) is 3. The van der Waals surface area contributed by atoms with Gasteiger partial charge in [0.15, 0.2) is 6.17 Å². The van der Waals surface area contributed by atoms with Crippen LogP contribution in [0.3, 0.4) is 0 Å². The third-order valence-corrected chi connectivity index (χ3v) is 5.45. The molecule has 26 heavy (non-hydrogen) atoms. The van der Waals surface area contributed by atoms with E-state index in [1.54, 1.807) is 0 Å². The van der Waals surface area contributed by atoms with Gasteiger partial charge >= 0.3 is 0 Å². The Morgan fingerprint density at radius 3 is 2.23 bits per heavy atom. The molecule has 3 aromatic carbocycles. The Bertz CT molecular complexity index is 1050. The Morgan fingerprint density at radius 2 is 1.50 bits per heavy atom. The Morgan fingerprint density at radius 1 is 0.846 bits per heavy atom. The number of aliphatic imine (C=N–C) groups is 1. The van der Waals surface area contributed by atoms with Crippen molar-refractivity contribution in [2.75, 3.05) is 0 Å². The summed E-state index contributed by atoms with van der Waals surface area (Å²) >= 11 is 4.61. The van der Waals surface area contributed by atoms with Crippen molar-refractivity contribution >= 4 is 62.4 Å². The normalized spacial score (nSPS) is 12.7. The molecule has 6 heteroatoms. The zero-order valence-electron chi connectivity index (χ0n) is 13.6. The molecule has 0 aliphatic heterocycles. The summed E-state index contributed by atoms with van der Waals surface area (Å²) in [5.74, 6) is 0. The molecule has 0 saturated carbocycles. The molecule has 4 nitrogen and oxygen atoms in total. The molecule has 0 N–H and O–H groups in total. The van der Waals surface area contributed by atoms with Crippen molar-refractivity contribution in [2.24, 2.45) is 4.99 Å². The van der Waals surface area contributed by atoms with Crippen LogP contribution in [0.1, 0.15) is 17.3 Å². The second-order valence-corrected chi connectivity index (χ2v) is 8.27. The third kappa shape index (κ3) is 3.80. The van der Waals surface area contributed by atoms with Gasteiger partial charge in [-0.1, -0.05) is 41.6 Å². The van der Waals surface area contributed by atoms with Crippen LogP contribution in [0.2, 0.25) is 0 Å². The van der Waals surface area contributed by atoms with Crippen molar-refractivity contribution in [3.05, 3.63) is 91.1 Å². The summed E-state index contributed by atoms with van der Waals surface area (Å²) in [6.07, 6.45) is 1.63. The van der Waals surface area contributed by atoms with Gasteiger partial charge in [-0.25, -0.2) is 4.68 Å². The van der Waals surface area contributed by atoms with E-state index in [-0.39, 0.29) is 6.17 Å². The van der Waals surface area contributed by atoms with Crippen LogP contribution in [0.15, 0.2) is 77.8 Å². The number of nitrogens with zero attached hydrogens (tertiary/aromatic N) is 4. The molecule has 0 aliphatic carbocycles. The van der Waals surface area contributed by atoms with Crippen molar-refractivity contribution in [3.8, 4) is 0 Å². The maximum Gasteiger partial charge on any atom is 0.169 e. The second kappa shape index (κ2) is 7.83. The Balaban J connectivity index is 1.79. The van der Waals surface area contributed by atoms with E-state index < -0.39 is 0 Å². The van der Waals surface area contributed by atoms with Gasteiger partial charge in [-0.2, -0.15) is 0 Å². The molecule has 0 aliphatic rings. The lowest BCUT2D eigenvalue weighted by Gasteiger charge is -2.14. The van der Waals surface area contributed by atoms with E-state index in [0.717, 1.165) is 22.2 Å². The summed E-state index contributed by atoms with van der Waals surface area (Å²) in [5.41, 5.74) is 3.97. The number of rotatable bonds is 4. The molecule has 1 aromatic heterocycles. The van der Waals surface area contributed by atoms with Gasteiger partial charge in [0.25, 0.3) is 0 Å². The minimum atomic E-state index is -0.265. The first-order valence-corrected chi connectivity index (χ1v) is 10.2. The summed E-state index contributed by atoms with van der Waals surface area (Å²) in [4.78, 5) is 4.85. The molecule has 0 bridgehead atoms. The van der Waals surface area contributed by atoms with Crippen molar-refractivity contribution in [1.82, 2.24) is 15.0 Å². The average Bonchev–Trinajstić information content (AvgIpc) is 3.09. The molecule has 0 amide bonds. The maximum atomic E-state index is 4.85. The van der Waals surface area contributed by atoms with Crippen molar-refractivity contribution in [3.63, 3.8) is 0 Å². The highest BCUT2D eigenvalue weighted by atomic mass is 127. The quantitative estimate of drug-likeness (QED) is 0.250. The largest absolute Gasteiger partial charge is 0.261 e. The highest BCUT2D eigenvalue weighted by molar-refractivity contribution is 14.1. The number of hydrogen-bond donors (Lipinski definition) is 0. The summed E-state index contributed by atoms with van der Waals surface area (Å²) in [5, 5.41) is 8.66. The Labute approximate surface area is 178 Å². The molecule has 0 spiro atoms. The minimum Gasteiger partial charge on any atom is -0.261 e. The minimum absolute atomic E-state index is 0.265. The lowest BCUT2D eigenvalue weighted by molar-refractivity contribution is 0.543. The summed E-state index contributed by atoms with van der Waals surface area (Å²) in [6.45, 7) is 0. The van der Waals surface area contributed by atoms with Crippen molar-refractivity contribution in [2.45, 2.75) is 6.17 Å². The molecule has 0 fully saturated rings. The van der Waals surface area contributed by atoms with Crippen molar-refractivity contribution in [1.29, 1.82) is 0 Å². The number of benzene rings is 3. The molecule has 1 heterocycles. The van der Waals surface area contributed by atoms with Crippen LogP contribution in [0.25, 0.3) is 11.0 Å². The molecule has 1 atom stereocenters. The van der Waals surface area contributed by atoms with Crippen LogP contribution in [0, 0.1) is 7.14 Å². The molecule has 0 radical (unpaired) electrons. The van der Waals surface area contributed by atoms with Gasteiger partial charge in [0.1, 0.15) is 5.52 Å². The van der Waals surface area contributed by atoms with Crippen molar-refractivity contribution < 1.29 is 0 Å². The van der Waals surface area contributed by atoms with Gasteiger partial charge in [-0.15, -0.1) is 5.10 Å². The van der Waals surface area contributed by atoms with Crippen LogP contribution >= 0.6 is 45.2 Å². The lowest BCUT2D eigenvalue weighted by Crippen LogP contribution is -2.11. The first-order chi connectivity index (χ1) is 12.7. The number of halogens is 2. The van der Waals surface area contributed by atoms with E-state index in [9.17, 15) is 0 Å². The van der Waals surface area contributed by atoms with Crippen LogP contribution in [0.5, 0.6) is 0 Å². The van der Waals surface area contributed by atoms with E-state index in [1.165, 1.54) is 7.14 Å². The Kier molecular flexibility index (Phi) is 5.30. The van der Waals surface area contributed by atoms with Gasteiger partial charge in [0.2, 0.25) is 0 Å². The second-order valence-electron chi connectivity index (χ2n) is 5.78. The molecule has 0 unspecified atom stereocenters. The smallest absolute Gasteiger partial charge is 0.169 e. The van der Waals surface area contributed by atoms with E-state index in [0.29, 0.717) is 0 Å². The summed E-state index contributed by atoms with van der Waals surface area (Å²) in [6, 6.07) is 24.6. The third-order valence-electron chi connectivity index (χ3n) is 4.01. The lowest BCUT2D eigenvalue weighted by atomic mass is 10.1. The van der Waals surface area contributed by atoms with Gasteiger partial charge in [-0.3, -0.25) is 4.99 Å². The molecule has 128 valence electrons. The van der Waals surface area contributed by atoms with Crippen LogP contribution < -0.4 is 0 Å². The molecule has 4 aromatic rings. The first kappa shape index (κ1) is 17.6. The van der Waals surface area contributed by atoms with E-state index >= 15 is 0 Å². The van der Waals surface area contributed by atoms with Crippen LogP contribution in [-0.2, 0) is 0 Å². The number of fused-ring (bicyclic) bond motifs is 1. The van der Waals surface area contributed by atoms with Gasteiger partial charge in [0.05, 0.1) is 5.52 Å². The predicted molar refractivity (Wildman–Crippen MR) is 122 cm³/mol. The topological polar surface area (TPSA) is 43.1 Å². The zero-order valence-corrected chi connectivity index (χ0v) is 17.9. The standard InChI is InChI=1S/C20H14I2N4/c21-16-9-5-14(6-10-16)13-23-20(15-7-11-17(22)12-8-15)26-19-4-2-1-3-18(19)24-25-26/h1-13,20H/t20-/m1/s1. The fourth-order valence-corrected chi connectivity index (χ4v) is 3.42. The number of aromatic nitrogens is 3. The zero-order chi connectivity index (χ0) is 17.9. The molecule has 0 saturated heterocycles. The molecular formula is C20H14I2N4. The van der Waals surface area contributed by atoms with Gasteiger partial charge in [-0.05, 0) is 92.7 Å². The van der Waals surface area contributed by atoms with Gasteiger partial charge in [0, 0.05) is 13.4 Å². The van der Waals surface area contributed by atoms with Gasteiger partial charge < -0.3 is 0 Å². The van der Waals surface area contributed by atoms with E-state index in [4.69, 9.17) is 4.99 Å². The number of para-hydroxylation sites is 1.